The van der Waals surface area contributed by atoms with Crippen LogP contribution in [0.25, 0.3) is 10.8 Å². The van der Waals surface area contributed by atoms with E-state index < -0.39 is 0 Å². The van der Waals surface area contributed by atoms with Crippen molar-refractivity contribution in [1.82, 2.24) is 15.2 Å². The first-order valence-electron chi connectivity index (χ1n) is 13.6. The predicted molar refractivity (Wildman–Crippen MR) is 149 cm³/mol. The quantitative estimate of drug-likeness (QED) is 0.562. The molecule has 1 atom stereocenters. The van der Waals surface area contributed by atoms with Crippen LogP contribution in [0.15, 0.2) is 36.4 Å². The second-order valence-electron chi connectivity index (χ2n) is 10.5. The first-order chi connectivity index (χ1) is 18.7. The van der Waals surface area contributed by atoms with Crippen LogP contribution in [0.5, 0.6) is 5.88 Å². The highest BCUT2D eigenvalue weighted by molar-refractivity contribution is 5.95. The maximum Gasteiger partial charge on any atom is 0.234 e. The molecule has 8 nitrogen and oxygen atoms in total. The van der Waals surface area contributed by atoms with E-state index in [1.54, 1.807) is 0 Å². The van der Waals surface area contributed by atoms with Gasteiger partial charge in [0.25, 0.3) is 0 Å². The number of piperazine rings is 1. The second-order valence-corrected chi connectivity index (χ2v) is 10.5. The Bertz CT molecular complexity index is 1430. The Balaban J connectivity index is 1.42. The number of hydrogen-bond acceptors (Lipinski definition) is 8. The van der Waals surface area contributed by atoms with Gasteiger partial charge in [-0.2, -0.15) is 15.5 Å². The van der Waals surface area contributed by atoms with E-state index in [1.807, 2.05) is 24.3 Å². The summed E-state index contributed by atoms with van der Waals surface area (Å²) in [6.07, 6.45) is 3.06. The number of nitrogens with one attached hydrogen (secondary N) is 1. The predicted octanol–water partition coefficient (Wildman–Crippen LogP) is 3.42. The van der Waals surface area contributed by atoms with E-state index in [0.717, 1.165) is 85.5 Å². The second kappa shape index (κ2) is 10.5. The monoisotopic (exact) mass is 507 g/mol. The minimum absolute atomic E-state index is 0.346. The van der Waals surface area contributed by atoms with Crippen molar-refractivity contribution in [2.24, 2.45) is 0 Å². The molecule has 8 heteroatoms. The Morgan fingerprint density at radius 1 is 1.03 bits per heavy atom. The number of rotatable bonds is 5. The molecule has 0 aliphatic carbocycles. The number of hydrogen-bond donors (Lipinski definition) is 1. The van der Waals surface area contributed by atoms with Gasteiger partial charge in [-0.1, -0.05) is 24.3 Å². The molecule has 194 valence electrons. The van der Waals surface area contributed by atoms with Gasteiger partial charge in [0.05, 0.1) is 11.6 Å². The largest absolute Gasteiger partial charge is 0.475 e. The van der Waals surface area contributed by atoms with Crippen molar-refractivity contribution in [3.05, 3.63) is 58.7 Å². The van der Waals surface area contributed by atoms with Gasteiger partial charge in [0.1, 0.15) is 24.1 Å². The van der Waals surface area contributed by atoms with Crippen LogP contribution in [0, 0.1) is 22.7 Å². The smallest absolute Gasteiger partial charge is 0.234 e. The number of likely N-dealkylation sites (N-methyl/N-ethyl adjacent to an activating group) is 1. The molecule has 3 aliphatic heterocycles. The summed E-state index contributed by atoms with van der Waals surface area (Å²) in [4.78, 5) is 12.0. The molecule has 0 amide bonds. The van der Waals surface area contributed by atoms with Crippen molar-refractivity contribution in [3.8, 4) is 18.0 Å². The van der Waals surface area contributed by atoms with E-state index in [4.69, 9.17) is 9.72 Å². The molecule has 2 saturated heterocycles. The van der Waals surface area contributed by atoms with E-state index >= 15 is 0 Å². The van der Waals surface area contributed by atoms with Crippen LogP contribution in [0.1, 0.15) is 35.1 Å². The third kappa shape index (κ3) is 4.51. The third-order valence-corrected chi connectivity index (χ3v) is 8.26. The van der Waals surface area contributed by atoms with Gasteiger partial charge >= 0.3 is 0 Å². The summed E-state index contributed by atoms with van der Waals surface area (Å²) in [5.41, 5.74) is 4.38. The molecule has 3 aliphatic rings. The van der Waals surface area contributed by atoms with Crippen molar-refractivity contribution in [2.45, 2.75) is 31.8 Å². The van der Waals surface area contributed by atoms with Crippen molar-refractivity contribution in [3.63, 3.8) is 0 Å². The van der Waals surface area contributed by atoms with Crippen molar-refractivity contribution in [2.75, 3.05) is 62.7 Å². The summed E-state index contributed by atoms with van der Waals surface area (Å²) in [6.45, 7) is 6.59. The summed E-state index contributed by atoms with van der Waals surface area (Å²) in [5.74, 6) is 1.42. The number of benzene rings is 2. The molecule has 4 heterocycles. The average molecular weight is 508 g/mol. The number of likely N-dealkylation sites (tertiary alicyclic amines) is 1. The molecule has 0 unspecified atom stereocenters. The Morgan fingerprint density at radius 3 is 2.63 bits per heavy atom. The van der Waals surface area contributed by atoms with Crippen molar-refractivity contribution >= 4 is 22.3 Å². The third-order valence-electron chi connectivity index (χ3n) is 8.26. The molecule has 1 N–H and O–H groups in total. The molecule has 38 heavy (non-hydrogen) atoms. The molecule has 3 aromatic rings. The van der Waals surface area contributed by atoms with E-state index in [1.165, 1.54) is 6.42 Å². The summed E-state index contributed by atoms with van der Waals surface area (Å²) >= 11 is 0. The molecule has 0 saturated carbocycles. The van der Waals surface area contributed by atoms with Crippen molar-refractivity contribution < 1.29 is 4.74 Å². The number of ether oxygens (including phenoxy) is 1. The molecule has 0 bridgehead atoms. The Kier molecular flexibility index (Phi) is 6.76. The average Bonchev–Trinajstić information content (AvgIpc) is 3.39. The van der Waals surface area contributed by atoms with Gasteiger partial charge in [0, 0.05) is 67.5 Å². The van der Waals surface area contributed by atoms with E-state index in [-0.39, 0.29) is 0 Å². The zero-order valence-electron chi connectivity index (χ0n) is 21.9. The number of fused-ring (bicyclic) bond motifs is 2. The lowest BCUT2D eigenvalue weighted by Gasteiger charge is -2.36. The fourth-order valence-electron chi connectivity index (χ4n) is 6.13. The van der Waals surface area contributed by atoms with Crippen LogP contribution in [-0.4, -0.2) is 68.8 Å². The maximum absolute atomic E-state index is 10.4. The first kappa shape index (κ1) is 24.5. The van der Waals surface area contributed by atoms with Crippen LogP contribution in [0.3, 0.4) is 0 Å². The summed E-state index contributed by atoms with van der Waals surface area (Å²) in [5, 5.41) is 25.7. The van der Waals surface area contributed by atoms with Crippen LogP contribution in [0.4, 0.5) is 11.5 Å². The van der Waals surface area contributed by atoms with Gasteiger partial charge in [-0.15, -0.1) is 0 Å². The lowest BCUT2D eigenvalue weighted by Crippen LogP contribution is -2.45. The highest BCUT2D eigenvalue weighted by atomic mass is 16.5. The topological polar surface area (TPSA) is 91.4 Å². The zero-order valence-corrected chi connectivity index (χ0v) is 21.9. The van der Waals surface area contributed by atoms with Gasteiger partial charge in [-0.05, 0) is 50.4 Å². The Labute approximate surface area is 224 Å². The number of anilines is 2. The van der Waals surface area contributed by atoms with E-state index in [9.17, 15) is 10.5 Å². The fraction of sp³-hybridized carbons (Fsp3) is 0.433. The van der Waals surface area contributed by atoms with Crippen LogP contribution in [-0.2, 0) is 13.0 Å². The molecule has 6 rings (SSSR count). The molecule has 0 radical (unpaired) electrons. The van der Waals surface area contributed by atoms with Gasteiger partial charge in [-0.3, -0.25) is 0 Å². The zero-order chi connectivity index (χ0) is 26.1. The summed E-state index contributed by atoms with van der Waals surface area (Å²) < 4.78 is 6.35. The minimum atomic E-state index is 0.346. The number of aromatic nitrogens is 1. The van der Waals surface area contributed by atoms with Crippen LogP contribution < -0.4 is 19.9 Å². The molecule has 2 aromatic carbocycles. The normalized spacial score (nSPS) is 19.7. The molecule has 2 fully saturated rings. The van der Waals surface area contributed by atoms with Gasteiger partial charge in [0.2, 0.25) is 5.88 Å². The molecule has 1 aromatic heterocycles. The fourth-order valence-corrected chi connectivity index (χ4v) is 6.13. The van der Waals surface area contributed by atoms with Gasteiger partial charge in [0.15, 0.2) is 0 Å². The number of pyridine rings is 1. The lowest BCUT2D eigenvalue weighted by atomic mass is 9.94. The standard InChI is InChI=1S/C30H33N7O/c1-35-11-4-6-23(35)20-38-30-26(18-32)27-19-37(12-8-25(27)29(34-30)36-13-9-33-10-14-36)28-16-21(17-31)15-22-5-2-3-7-24(22)28/h2-3,5,7,15-16,23,33H,4,6,8-14,19-20H2,1H3/t23-/m0/s1. The lowest BCUT2D eigenvalue weighted by molar-refractivity contribution is 0.193. The summed E-state index contributed by atoms with van der Waals surface area (Å²) in [6, 6.07) is 17.2. The highest BCUT2D eigenvalue weighted by Gasteiger charge is 2.31. The first-order valence-corrected chi connectivity index (χ1v) is 13.6. The number of nitriles is 2. The minimum Gasteiger partial charge on any atom is -0.475 e. The Morgan fingerprint density at radius 2 is 1.87 bits per heavy atom. The molecule has 0 spiro atoms. The highest BCUT2D eigenvalue weighted by Crippen LogP contribution is 2.38. The SMILES string of the molecule is CN1CCC[C@H]1COc1nc(N2CCNCC2)c2c(c1C#N)CN(c1cc(C#N)cc3ccccc13)CC2. The van der Waals surface area contributed by atoms with Crippen LogP contribution in [0.2, 0.25) is 0 Å². The van der Waals surface area contributed by atoms with E-state index in [2.05, 4.69) is 51.3 Å². The van der Waals surface area contributed by atoms with Crippen LogP contribution >= 0.6 is 0 Å². The maximum atomic E-state index is 10.4. The Hall–Kier alpha value is -3.85. The van der Waals surface area contributed by atoms with Gasteiger partial charge < -0.3 is 24.8 Å². The number of nitrogens with zero attached hydrogens (tertiary/aromatic N) is 6. The van der Waals surface area contributed by atoms with E-state index in [0.29, 0.717) is 36.2 Å². The molecular formula is C30H33N7O. The van der Waals surface area contributed by atoms with Gasteiger partial charge in [-0.25, -0.2) is 0 Å². The summed E-state index contributed by atoms with van der Waals surface area (Å²) in [7, 11) is 2.14. The van der Waals surface area contributed by atoms with Crippen molar-refractivity contribution in [1.29, 1.82) is 10.5 Å². The molecular weight excluding hydrogens is 474 g/mol.